The van der Waals surface area contributed by atoms with Crippen LogP contribution in [-0.2, 0) is 13.0 Å². The Kier molecular flexibility index (Phi) is 4.38. The molecule has 16 heavy (non-hydrogen) atoms. The van der Waals surface area contributed by atoms with E-state index < -0.39 is 0 Å². The largest absolute Gasteiger partial charge is 0.396 e. The Bertz CT molecular complexity index is 323. The molecular weight excluding hydrogens is 218 g/mol. The van der Waals surface area contributed by atoms with Gasteiger partial charge in [-0.15, -0.1) is 11.3 Å². The van der Waals surface area contributed by atoms with Gasteiger partial charge in [-0.25, -0.2) is 0 Å². The molecule has 90 valence electrons. The van der Waals surface area contributed by atoms with Crippen molar-refractivity contribution in [2.75, 3.05) is 6.61 Å². The van der Waals surface area contributed by atoms with Crippen LogP contribution in [0.15, 0.2) is 12.1 Å². The molecule has 1 heterocycles. The van der Waals surface area contributed by atoms with Crippen LogP contribution in [0.5, 0.6) is 0 Å². The van der Waals surface area contributed by atoms with E-state index in [0.717, 1.165) is 13.0 Å². The number of hydrogen-bond acceptors (Lipinski definition) is 3. The first-order valence-corrected chi connectivity index (χ1v) is 7.07. The average Bonchev–Trinajstić information content (AvgIpc) is 2.94. The van der Waals surface area contributed by atoms with Crippen molar-refractivity contribution in [2.45, 2.75) is 45.2 Å². The third kappa shape index (κ3) is 2.84. The number of thiophene rings is 1. The SMILES string of the molecule is CCc1ccc(CNC2CCCC2CO)s1. The molecule has 0 aliphatic heterocycles. The molecular formula is C13H21NOS. The summed E-state index contributed by atoms with van der Waals surface area (Å²) in [5.74, 6) is 0.477. The van der Waals surface area contributed by atoms with Crippen LogP contribution in [0.3, 0.4) is 0 Å². The summed E-state index contributed by atoms with van der Waals surface area (Å²) in [6.45, 7) is 3.50. The first-order valence-electron chi connectivity index (χ1n) is 6.25. The Morgan fingerprint density at radius 3 is 2.88 bits per heavy atom. The van der Waals surface area contributed by atoms with E-state index in [1.807, 2.05) is 11.3 Å². The smallest absolute Gasteiger partial charge is 0.0474 e. The van der Waals surface area contributed by atoms with E-state index in [1.165, 1.54) is 29.0 Å². The van der Waals surface area contributed by atoms with Gasteiger partial charge in [0.2, 0.25) is 0 Å². The number of hydrogen-bond donors (Lipinski definition) is 2. The van der Waals surface area contributed by atoms with E-state index >= 15 is 0 Å². The normalized spacial score (nSPS) is 25.1. The molecule has 0 spiro atoms. The van der Waals surface area contributed by atoms with Gasteiger partial charge in [-0.3, -0.25) is 0 Å². The van der Waals surface area contributed by atoms with Gasteiger partial charge in [0.15, 0.2) is 0 Å². The van der Waals surface area contributed by atoms with Crippen molar-refractivity contribution in [3.8, 4) is 0 Å². The van der Waals surface area contributed by atoms with Crippen molar-refractivity contribution < 1.29 is 5.11 Å². The summed E-state index contributed by atoms with van der Waals surface area (Å²) in [5, 5.41) is 12.8. The molecule has 1 aromatic rings. The second-order valence-electron chi connectivity index (χ2n) is 4.58. The lowest BCUT2D eigenvalue weighted by molar-refractivity contribution is 0.205. The lowest BCUT2D eigenvalue weighted by Gasteiger charge is -2.18. The second kappa shape index (κ2) is 5.80. The minimum Gasteiger partial charge on any atom is -0.396 e. The van der Waals surface area contributed by atoms with Crippen LogP contribution < -0.4 is 5.32 Å². The molecule has 1 aromatic heterocycles. The van der Waals surface area contributed by atoms with E-state index in [0.29, 0.717) is 18.6 Å². The molecule has 2 nitrogen and oxygen atoms in total. The quantitative estimate of drug-likeness (QED) is 0.827. The van der Waals surface area contributed by atoms with Gasteiger partial charge in [0, 0.05) is 28.9 Å². The number of aliphatic hydroxyl groups is 1. The fourth-order valence-electron chi connectivity index (χ4n) is 2.46. The first-order chi connectivity index (χ1) is 7.83. The van der Waals surface area contributed by atoms with Crippen LogP contribution in [0, 0.1) is 5.92 Å². The maximum Gasteiger partial charge on any atom is 0.0474 e. The molecule has 0 bridgehead atoms. The topological polar surface area (TPSA) is 32.3 Å². The zero-order chi connectivity index (χ0) is 11.4. The third-order valence-corrected chi connectivity index (χ3v) is 4.73. The fraction of sp³-hybridized carbons (Fsp3) is 0.692. The van der Waals surface area contributed by atoms with Crippen LogP contribution in [0.1, 0.15) is 35.9 Å². The number of aliphatic hydroxyl groups excluding tert-OH is 1. The molecule has 3 heteroatoms. The standard InChI is InChI=1S/C13H21NOS/c1-2-11-6-7-12(16-11)8-14-13-5-3-4-10(13)9-15/h6-7,10,13-15H,2-5,8-9H2,1H3. The average molecular weight is 239 g/mol. The highest BCUT2D eigenvalue weighted by Crippen LogP contribution is 2.26. The van der Waals surface area contributed by atoms with E-state index in [-0.39, 0.29) is 0 Å². The predicted molar refractivity (Wildman–Crippen MR) is 68.8 cm³/mol. The van der Waals surface area contributed by atoms with Gasteiger partial charge in [0.25, 0.3) is 0 Å². The molecule has 1 saturated carbocycles. The number of nitrogens with one attached hydrogen (secondary N) is 1. The van der Waals surface area contributed by atoms with Crippen LogP contribution >= 0.6 is 11.3 Å². The summed E-state index contributed by atoms with van der Waals surface area (Å²) in [5.41, 5.74) is 0. The Labute approximate surface area is 102 Å². The van der Waals surface area contributed by atoms with Crippen LogP contribution in [0.4, 0.5) is 0 Å². The molecule has 0 saturated heterocycles. The number of aryl methyl sites for hydroxylation is 1. The lowest BCUT2D eigenvalue weighted by Crippen LogP contribution is -2.33. The Morgan fingerprint density at radius 2 is 2.19 bits per heavy atom. The van der Waals surface area contributed by atoms with E-state index in [9.17, 15) is 5.11 Å². The van der Waals surface area contributed by atoms with E-state index in [2.05, 4.69) is 24.4 Å². The van der Waals surface area contributed by atoms with Crippen molar-refractivity contribution in [3.63, 3.8) is 0 Å². The van der Waals surface area contributed by atoms with Gasteiger partial charge in [-0.2, -0.15) is 0 Å². The molecule has 0 amide bonds. The van der Waals surface area contributed by atoms with Crippen molar-refractivity contribution in [3.05, 3.63) is 21.9 Å². The van der Waals surface area contributed by atoms with Gasteiger partial charge < -0.3 is 10.4 Å². The predicted octanol–water partition coefficient (Wildman–Crippen LogP) is 2.56. The summed E-state index contributed by atoms with van der Waals surface area (Å²) in [7, 11) is 0. The highest BCUT2D eigenvalue weighted by atomic mass is 32.1. The first kappa shape index (κ1) is 12.1. The maximum atomic E-state index is 9.24. The molecule has 1 fully saturated rings. The molecule has 2 atom stereocenters. The lowest BCUT2D eigenvalue weighted by atomic mass is 10.1. The minimum atomic E-state index is 0.336. The number of rotatable bonds is 5. The Hall–Kier alpha value is -0.380. The minimum absolute atomic E-state index is 0.336. The van der Waals surface area contributed by atoms with Crippen molar-refractivity contribution >= 4 is 11.3 Å². The van der Waals surface area contributed by atoms with Crippen LogP contribution in [0.25, 0.3) is 0 Å². The molecule has 0 radical (unpaired) electrons. The van der Waals surface area contributed by atoms with E-state index in [4.69, 9.17) is 0 Å². The zero-order valence-corrected chi connectivity index (χ0v) is 10.7. The van der Waals surface area contributed by atoms with Crippen molar-refractivity contribution in [2.24, 2.45) is 5.92 Å². The zero-order valence-electron chi connectivity index (χ0n) is 9.91. The highest BCUT2D eigenvalue weighted by Gasteiger charge is 2.25. The van der Waals surface area contributed by atoms with Crippen LogP contribution in [0.2, 0.25) is 0 Å². The van der Waals surface area contributed by atoms with Gasteiger partial charge in [-0.1, -0.05) is 13.3 Å². The third-order valence-electron chi connectivity index (χ3n) is 3.50. The Morgan fingerprint density at radius 1 is 1.38 bits per heavy atom. The molecule has 2 unspecified atom stereocenters. The maximum absolute atomic E-state index is 9.24. The molecule has 1 aliphatic carbocycles. The second-order valence-corrected chi connectivity index (χ2v) is 5.84. The summed E-state index contributed by atoms with van der Waals surface area (Å²) < 4.78 is 0. The summed E-state index contributed by atoms with van der Waals surface area (Å²) in [6, 6.07) is 4.97. The Balaban J connectivity index is 1.82. The van der Waals surface area contributed by atoms with Gasteiger partial charge >= 0.3 is 0 Å². The molecule has 0 aromatic carbocycles. The molecule has 2 N–H and O–H groups in total. The highest BCUT2D eigenvalue weighted by molar-refractivity contribution is 7.11. The summed E-state index contributed by atoms with van der Waals surface area (Å²) in [6.07, 6.45) is 4.79. The molecule has 1 aliphatic rings. The van der Waals surface area contributed by atoms with Gasteiger partial charge in [0.1, 0.15) is 0 Å². The van der Waals surface area contributed by atoms with Crippen molar-refractivity contribution in [1.29, 1.82) is 0 Å². The van der Waals surface area contributed by atoms with Crippen LogP contribution in [-0.4, -0.2) is 17.8 Å². The molecule has 2 rings (SSSR count). The summed E-state index contributed by atoms with van der Waals surface area (Å²) >= 11 is 1.90. The monoisotopic (exact) mass is 239 g/mol. The van der Waals surface area contributed by atoms with E-state index in [1.54, 1.807) is 0 Å². The fourth-order valence-corrected chi connectivity index (χ4v) is 3.37. The van der Waals surface area contributed by atoms with Gasteiger partial charge in [0.05, 0.1) is 0 Å². The van der Waals surface area contributed by atoms with Crippen molar-refractivity contribution in [1.82, 2.24) is 5.32 Å². The summed E-state index contributed by atoms with van der Waals surface area (Å²) in [4.78, 5) is 2.88. The van der Waals surface area contributed by atoms with Gasteiger partial charge in [-0.05, 0) is 37.3 Å².